The van der Waals surface area contributed by atoms with E-state index in [0.29, 0.717) is 22.4 Å². The van der Waals surface area contributed by atoms with E-state index in [9.17, 15) is 9.59 Å². The number of methoxy groups -OCH3 is 1. The molecule has 2 aromatic carbocycles. The fraction of sp³-hybridized carbons (Fsp3) is 0.150. The van der Waals surface area contributed by atoms with E-state index in [2.05, 4.69) is 20.6 Å². The molecule has 0 atom stereocenters. The van der Waals surface area contributed by atoms with E-state index in [4.69, 9.17) is 9.15 Å². The van der Waals surface area contributed by atoms with Crippen LogP contribution in [0.5, 0.6) is 5.75 Å². The highest BCUT2D eigenvalue weighted by molar-refractivity contribution is 6.04. The van der Waals surface area contributed by atoms with Crippen molar-refractivity contribution in [2.75, 3.05) is 14.2 Å². The molecule has 0 aliphatic heterocycles. The molecular formula is C20H17N5O4. The Morgan fingerprint density at radius 3 is 2.52 bits per heavy atom. The molecule has 4 aromatic rings. The van der Waals surface area contributed by atoms with E-state index in [1.807, 2.05) is 0 Å². The first-order chi connectivity index (χ1) is 14.1. The van der Waals surface area contributed by atoms with E-state index in [0.717, 1.165) is 10.2 Å². The Morgan fingerprint density at radius 2 is 1.83 bits per heavy atom. The van der Waals surface area contributed by atoms with Gasteiger partial charge in [-0.3, -0.25) is 9.59 Å². The molecule has 0 unspecified atom stereocenters. The number of amides is 1. The van der Waals surface area contributed by atoms with Gasteiger partial charge in [-0.05, 0) is 30.3 Å². The van der Waals surface area contributed by atoms with Gasteiger partial charge in [-0.2, -0.15) is 5.10 Å². The molecule has 0 saturated carbocycles. The van der Waals surface area contributed by atoms with Crippen molar-refractivity contribution in [1.82, 2.24) is 25.3 Å². The van der Waals surface area contributed by atoms with Crippen LogP contribution in [0.3, 0.4) is 0 Å². The average Bonchev–Trinajstić information content (AvgIpc) is 3.24. The van der Waals surface area contributed by atoms with Gasteiger partial charge in [0.25, 0.3) is 11.5 Å². The van der Waals surface area contributed by atoms with Gasteiger partial charge in [0, 0.05) is 18.0 Å². The highest BCUT2D eigenvalue weighted by atomic mass is 16.5. The topological polar surface area (TPSA) is 112 Å². The maximum atomic E-state index is 12.8. The van der Waals surface area contributed by atoms with E-state index in [1.165, 1.54) is 7.05 Å². The predicted molar refractivity (Wildman–Crippen MR) is 105 cm³/mol. The van der Waals surface area contributed by atoms with Crippen molar-refractivity contribution >= 4 is 16.7 Å². The van der Waals surface area contributed by atoms with Gasteiger partial charge >= 0.3 is 0 Å². The zero-order valence-corrected chi connectivity index (χ0v) is 15.7. The van der Waals surface area contributed by atoms with E-state index >= 15 is 0 Å². The minimum absolute atomic E-state index is 0.0587. The molecule has 29 heavy (non-hydrogen) atoms. The quantitative estimate of drug-likeness (QED) is 0.553. The average molecular weight is 391 g/mol. The van der Waals surface area contributed by atoms with E-state index < -0.39 is 0 Å². The van der Waals surface area contributed by atoms with Gasteiger partial charge in [0.05, 0.1) is 12.5 Å². The first-order valence-corrected chi connectivity index (χ1v) is 8.79. The number of ether oxygens (including phenoxy) is 1. The van der Waals surface area contributed by atoms with Gasteiger partial charge in [-0.1, -0.05) is 18.2 Å². The molecule has 2 aromatic heterocycles. The van der Waals surface area contributed by atoms with Gasteiger partial charge < -0.3 is 14.5 Å². The Hall–Kier alpha value is -4.01. The first kappa shape index (κ1) is 18.4. The van der Waals surface area contributed by atoms with Gasteiger partial charge in [0.1, 0.15) is 12.3 Å². The number of nitrogens with one attached hydrogen (secondary N) is 1. The smallest absolute Gasteiger partial charge is 0.275 e. The van der Waals surface area contributed by atoms with Crippen molar-refractivity contribution in [2.24, 2.45) is 0 Å². The van der Waals surface area contributed by atoms with Crippen LogP contribution in [-0.4, -0.2) is 40.0 Å². The number of rotatable bonds is 5. The van der Waals surface area contributed by atoms with Crippen molar-refractivity contribution in [3.8, 4) is 17.2 Å². The summed E-state index contributed by atoms with van der Waals surface area (Å²) >= 11 is 0. The molecule has 146 valence electrons. The Kier molecular flexibility index (Phi) is 4.78. The molecule has 2 heterocycles. The Bertz CT molecular complexity index is 1240. The normalized spacial score (nSPS) is 10.8. The molecule has 0 bridgehead atoms. The first-order valence-electron chi connectivity index (χ1n) is 8.79. The lowest BCUT2D eigenvalue weighted by molar-refractivity contribution is 0.0957. The van der Waals surface area contributed by atoms with Crippen molar-refractivity contribution < 1.29 is 13.9 Å². The molecule has 9 heteroatoms. The second kappa shape index (κ2) is 7.55. The third-order valence-electron chi connectivity index (χ3n) is 4.40. The zero-order valence-electron chi connectivity index (χ0n) is 15.7. The fourth-order valence-corrected chi connectivity index (χ4v) is 2.92. The second-order valence-electron chi connectivity index (χ2n) is 6.17. The number of carbonyl (C=O) groups excluding carboxylic acids is 1. The highest BCUT2D eigenvalue weighted by Crippen LogP contribution is 2.21. The molecular weight excluding hydrogens is 374 g/mol. The van der Waals surface area contributed by atoms with Gasteiger partial charge in [-0.25, -0.2) is 4.68 Å². The summed E-state index contributed by atoms with van der Waals surface area (Å²) in [7, 11) is 3.09. The third kappa shape index (κ3) is 3.45. The van der Waals surface area contributed by atoms with Crippen molar-refractivity contribution in [1.29, 1.82) is 0 Å². The van der Waals surface area contributed by atoms with Crippen LogP contribution in [0.25, 0.3) is 22.2 Å². The number of carbonyl (C=O) groups is 1. The Morgan fingerprint density at radius 1 is 1.10 bits per heavy atom. The molecule has 9 nitrogen and oxygen atoms in total. The molecule has 0 saturated heterocycles. The number of hydrogen-bond acceptors (Lipinski definition) is 7. The summed E-state index contributed by atoms with van der Waals surface area (Å²) in [5.74, 6) is 0.827. The summed E-state index contributed by atoms with van der Waals surface area (Å²) in [5, 5.41) is 15.7. The summed E-state index contributed by atoms with van der Waals surface area (Å²) in [6.45, 7) is -0.0587. The maximum absolute atomic E-state index is 12.8. The van der Waals surface area contributed by atoms with Crippen LogP contribution >= 0.6 is 0 Å². The minimum atomic E-state index is -0.389. The van der Waals surface area contributed by atoms with Gasteiger partial charge in [0.2, 0.25) is 11.8 Å². The van der Waals surface area contributed by atoms with Crippen LogP contribution in [0, 0.1) is 0 Å². The van der Waals surface area contributed by atoms with Crippen LogP contribution in [0.4, 0.5) is 0 Å². The number of nitrogens with zero attached hydrogens (tertiary/aromatic N) is 4. The molecule has 0 spiro atoms. The Balaban J connectivity index is 1.71. The fourth-order valence-electron chi connectivity index (χ4n) is 2.92. The second-order valence-corrected chi connectivity index (χ2v) is 6.17. The summed E-state index contributed by atoms with van der Waals surface area (Å²) in [4.78, 5) is 25.0. The lowest BCUT2D eigenvalue weighted by Gasteiger charge is -2.08. The highest BCUT2D eigenvalue weighted by Gasteiger charge is 2.17. The van der Waals surface area contributed by atoms with Crippen molar-refractivity contribution in [2.45, 2.75) is 6.54 Å². The lowest BCUT2D eigenvalue weighted by atomic mass is 10.1. The molecule has 4 rings (SSSR count). The predicted octanol–water partition coefficient (Wildman–Crippen LogP) is 1.86. The van der Waals surface area contributed by atoms with Crippen LogP contribution in [0.2, 0.25) is 0 Å². The summed E-state index contributed by atoms with van der Waals surface area (Å²) < 4.78 is 12.0. The minimum Gasteiger partial charge on any atom is -0.497 e. The van der Waals surface area contributed by atoms with Gasteiger partial charge in [0.15, 0.2) is 5.69 Å². The maximum Gasteiger partial charge on any atom is 0.275 e. The molecule has 0 radical (unpaired) electrons. The standard InChI is InChI=1S/C20H17N5O4/c1-21-18(26)17-14-5-3-4-6-15(14)20(27)25(24-17)11-16-22-23-19(29-16)12-7-9-13(28-2)10-8-12/h3-10H,11H2,1-2H3,(H,21,26). The number of hydrogen-bond donors (Lipinski definition) is 1. The molecule has 0 fully saturated rings. The van der Waals surface area contributed by atoms with Crippen molar-refractivity contribution in [3.05, 3.63) is 70.5 Å². The molecule has 0 aliphatic carbocycles. The molecule has 1 amide bonds. The zero-order chi connectivity index (χ0) is 20.4. The van der Waals surface area contributed by atoms with Crippen LogP contribution in [0.15, 0.2) is 57.7 Å². The molecule has 0 aliphatic rings. The van der Waals surface area contributed by atoms with E-state index in [1.54, 1.807) is 55.6 Å². The lowest BCUT2D eigenvalue weighted by Crippen LogP contribution is -2.29. The SMILES string of the molecule is CNC(=O)c1nn(Cc2nnc(-c3ccc(OC)cc3)o2)c(=O)c2ccccc12. The monoisotopic (exact) mass is 391 g/mol. The number of fused-ring (bicyclic) bond motifs is 1. The number of aromatic nitrogens is 4. The molecule has 1 N–H and O–H groups in total. The van der Waals surface area contributed by atoms with E-state index in [-0.39, 0.29) is 29.6 Å². The summed E-state index contributed by atoms with van der Waals surface area (Å²) in [6.07, 6.45) is 0. The van der Waals surface area contributed by atoms with Crippen molar-refractivity contribution in [3.63, 3.8) is 0 Å². The number of benzene rings is 2. The van der Waals surface area contributed by atoms with Crippen LogP contribution < -0.4 is 15.6 Å². The summed E-state index contributed by atoms with van der Waals surface area (Å²) in [5.41, 5.74) is 0.518. The Labute approximate surface area is 164 Å². The van der Waals surface area contributed by atoms with Crippen LogP contribution in [-0.2, 0) is 6.54 Å². The largest absolute Gasteiger partial charge is 0.497 e. The third-order valence-corrected chi connectivity index (χ3v) is 4.40. The summed E-state index contributed by atoms with van der Waals surface area (Å²) in [6, 6.07) is 14.0. The van der Waals surface area contributed by atoms with Crippen LogP contribution in [0.1, 0.15) is 16.4 Å². The van der Waals surface area contributed by atoms with Gasteiger partial charge in [-0.15, -0.1) is 10.2 Å².